The van der Waals surface area contributed by atoms with Gasteiger partial charge in [0.25, 0.3) is 0 Å². The Morgan fingerprint density at radius 3 is 2.07 bits per heavy atom. The van der Waals surface area contributed by atoms with E-state index in [1.54, 1.807) is 0 Å². The second kappa shape index (κ2) is 7.43. The third-order valence-electron chi connectivity index (χ3n) is 2.33. The van der Waals surface area contributed by atoms with Crippen LogP contribution in [0.2, 0.25) is 0 Å². The topological polar surface area (TPSA) is 43.7 Å². The number of halogens is 1. The van der Waals surface area contributed by atoms with Gasteiger partial charge in [-0.2, -0.15) is 0 Å². The number of likely N-dealkylation sites (N-methyl/N-ethyl adjacent to an activating group) is 1. The van der Waals surface area contributed by atoms with E-state index in [1.165, 1.54) is 0 Å². The monoisotopic (exact) mass is 225 g/mol. The van der Waals surface area contributed by atoms with E-state index in [-0.39, 0.29) is 13.2 Å². The molecule has 0 aromatic carbocycles. The zero-order valence-electron chi connectivity index (χ0n) is 9.12. The van der Waals surface area contributed by atoms with Crippen molar-refractivity contribution < 1.29 is 14.7 Å². The minimum Gasteiger partial charge on any atom is -0.391 e. The number of hydrogen-bond donors (Lipinski definition) is 2. The van der Waals surface area contributed by atoms with Crippen molar-refractivity contribution in [2.45, 2.75) is 0 Å². The lowest BCUT2D eigenvalue weighted by molar-refractivity contribution is -0.919. The Bertz CT molecular complexity index is 141. The van der Waals surface area contributed by atoms with Crippen molar-refractivity contribution in [2.75, 3.05) is 59.5 Å². The quantitative estimate of drug-likeness (QED) is 0.334. The Hall–Kier alpha value is 0.130. The second-order valence-electron chi connectivity index (χ2n) is 3.92. The fourth-order valence-electron chi connectivity index (χ4n) is 1.53. The highest BCUT2D eigenvalue weighted by atomic mass is 35.5. The summed E-state index contributed by atoms with van der Waals surface area (Å²) < 4.78 is 0.653. The Morgan fingerprint density at radius 2 is 1.71 bits per heavy atom. The third kappa shape index (κ3) is 5.78. The van der Waals surface area contributed by atoms with Crippen molar-refractivity contribution in [2.24, 2.45) is 0 Å². The zero-order chi connectivity index (χ0) is 11.0. The first-order chi connectivity index (χ1) is 6.58. The molecule has 0 aliphatic rings. The van der Waals surface area contributed by atoms with Crippen LogP contribution >= 0.6 is 11.6 Å². The average Bonchev–Trinajstić information content (AvgIpc) is 2.04. The van der Waals surface area contributed by atoms with Gasteiger partial charge in [-0.05, 0) is 7.05 Å². The summed E-state index contributed by atoms with van der Waals surface area (Å²) in [5, 5.41) is 17.9. The molecule has 0 saturated carbocycles. The lowest BCUT2D eigenvalue weighted by atomic mass is 10.4. The van der Waals surface area contributed by atoms with E-state index in [1.807, 2.05) is 14.1 Å². The van der Waals surface area contributed by atoms with E-state index in [0.29, 0.717) is 23.5 Å². The first-order valence-corrected chi connectivity index (χ1v) is 5.41. The molecule has 0 atom stereocenters. The molecule has 0 rings (SSSR count). The molecule has 0 fully saturated rings. The standard InChI is InChI=1S/C9H22ClN2O2/c1-11(4-3-10)9-12(2,5-7-13)6-8-14/h13-14H,3-9H2,1-2H3/q+1. The molecule has 0 heterocycles. The summed E-state index contributed by atoms with van der Waals surface area (Å²) in [7, 11) is 4.02. The molecule has 0 spiro atoms. The summed E-state index contributed by atoms with van der Waals surface area (Å²) in [5.41, 5.74) is 0. The van der Waals surface area contributed by atoms with Gasteiger partial charge in [0.2, 0.25) is 0 Å². The van der Waals surface area contributed by atoms with Crippen molar-refractivity contribution in [3.05, 3.63) is 0 Å². The molecule has 0 bridgehead atoms. The molecule has 86 valence electrons. The summed E-state index contributed by atoms with van der Waals surface area (Å²) >= 11 is 5.63. The van der Waals surface area contributed by atoms with Gasteiger partial charge in [-0.3, -0.25) is 4.90 Å². The molecule has 0 aliphatic carbocycles. The zero-order valence-corrected chi connectivity index (χ0v) is 9.87. The fraction of sp³-hybridized carbons (Fsp3) is 1.00. The van der Waals surface area contributed by atoms with Gasteiger partial charge in [-0.25, -0.2) is 0 Å². The van der Waals surface area contributed by atoms with Gasteiger partial charge in [0.05, 0.1) is 20.3 Å². The van der Waals surface area contributed by atoms with Gasteiger partial charge in [0.15, 0.2) is 0 Å². The van der Waals surface area contributed by atoms with Crippen molar-refractivity contribution in [1.82, 2.24) is 4.90 Å². The van der Waals surface area contributed by atoms with Gasteiger partial charge in [-0.15, -0.1) is 11.6 Å². The SMILES string of the molecule is CN(CCCl)C[N+](C)(CCO)CCO. The number of quaternary nitrogens is 1. The molecule has 0 aromatic heterocycles. The summed E-state index contributed by atoms with van der Waals surface area (Å²) in [6.07, 6.45) is 0. The van der Waals surface area contributed by atoms with E-state index in [4.69, 9.17) is 21.8 Å². The molecular weight excluding hydrogens is 204 g/mol. The van der Waals surface area contributed by atoms with Gasteiger partial charge >= 0.3 is 0 Å². The number of aliphatic hydroxyl groups is 2. The van der Waals surface area contributed by atoms with Crippen LogP contribution in [0.15, 0.2) is 0 Å². The molecule has 4 nitrogen and oxygen atoms in total. The Balaban J connectivity index is 4.05. The molecule has 2 N–H and O–H groups in total. The number of nitrogens with zero attached hydrogens (tertiary/aromatic N) is 2. The highest BCUT2D eigenvalue weighted by molar-refractivity contribution is 6.18. The molecule has 0 aromatic rings. The van der Waals surface area contributed by atoms with Gasteiger partial charge in [0, 0.05) is 12.4 Å². The molecular formula is C9H22ClN2O2+. The molecule has 0 saturated heterocycles. The minimum absolute atomic E-state index is 0.144. The number of alkyl halides is 1. The van der Waals surface area contributed by atoms with Gasteiger partial charge in [0.1, 0.15) is 19.8 Å². The predicted octanol–water partition coefficient (Wildman–Crippen LogP) is -0.454. The summed E-state index contributed by atoms with van der Waals surface area (Å²) in [6.45, 7) is 3.23. The lowest BCUT2D eigenvalue weighted by Crippen LogP contribution is -2.53. The molecule has 0 unspecified atom stereocenters. The maximum atomic E-state index is 8.93. The molecule has 14 heavy (non-hydrogen) atoms. The second-order valence-corrected chi connectivity index (χ2v) is 4.30. The Morgan fingerprint density at radius 1 is 1.21 bits per heavy atom. The maximum Gasteiger partial charge on any atom is 0.134 e. The minimum atomic E-state index is 0.144. The third-order valence-corrected chi connectivity index (χ3v) is 2.50. The van der Waals surface area contributed by atoms with Crippen LogP contribution < -0.4 is 0 Å². The number of hydrogen-bond acceptors (Lipinski definition) is 3. The van der Waals surface area contributed by atoms with Crippen molar-refractivity contribution in [3.63, 3.8) is 0 Å². The number of rotatable bonds is 8. The van der Waals surface area contributed by atoms with Crippen LogP contribution in [0.1, 0.15) is 0 Å². The van der Waals surface area contributed by atoms with Crippen LogP contribution in [0.4, 0.5) is 0 Å². The predicted molar refractivity (Wildman–Crippen MR) is 58.3 cm³/mol. The Labute approximate surface area is 91.3 Å². The first-order valence-electron chi connectivity index (χ1n) is 4.88. The molecule has 0 amide bonds. The average molecular weight is 226 g/mol. The highest BCUT2D eigenvalue weighted by Gasteiger charge is 2.21. The van der Waals surface area contributed by atoms with E-state index in [2.05, 4.69) is 4.90 Å². The maximum absolute atomic E-state index is 8.93. The van der Waals surface area contributed by atoms with E-state index in [9.17, 15) is 0 Å². The normalized spacial score (nSPS) is 12.4. The lowest BCUT2D eigenvalue weighted by Gasteiger charge is -2.36. The van der Waals surface area contributed by atoms with Crippen LogP contribution in [0.3, 0.4) is 0 Å². The van der Waals surface area contributed by atoms with Gasteiger partial charge < -0.3 is 14.7 Å². The van der Waals surface area contributed by atoms with Crippen molar-refractivity contribution in [1.29, 1.82) is 0 Å². The van der Waals surface area contributed by atoms with Gasteiger partial charge in [-0.1, -0.05) is 0 Å². The smallest absolute Gasteiger partial charge is 0.134 e. The summed E-state index contributed by atoms with van der Waals surface area (Å²) in [5.74, 6) is 0.606. The number of aliphatic hydroxyl groups excluding tert-OH is 2. The van der Waals surface area contributed by atoms with Crippen molar-refractivity contribution >= 4 is 11.6 Å². The van der Waals surface area contributed by atoms with E-state index >= 15 is 0 Å². The fourth-order valence-corrected chi connectivity index (χ4v) is 1.82. The van der Waals surface area contributed by atoms with Crippen LogP contribution in [0.5, 0.6) is 0 Å². The summed E-state index contributed by atoms with van der Waals surface area (Å²) in [6, 6.07) is 0. The summed E-state index contributed by atoms with van der Waals surface area (Å²) in [4.78, 5) is 2.11. The Kier molecular flexibility index (Phi) is 7.49. The molecule has 5 heteroatoms. The first kappa shape index (κ1) is 14.1. The van der Waals surface area contributed by atoms with Crippen molar-refractivity contribution in [3.8, 4) is 0 Å². The van der Waals surface area contributed by atoms with Crippen LogP contribution in [0.25, 0.3) is 0 Å². The van der Waals surface area contributed by atoms with Crippen LogP contribution in [-0.2, 0) is 0 Å². The van der Waals surface area contributed by atoms with E-state index in [0.717, 1.165) is 13.2 Å². The van der Waals surface area contributed by atoms with Crippen LogP contribution in [0, 0.1) is 0 Å². The van der Waals surface area contributed by atoms with E-state index < -0.39 is 0 Å². The molecule has 0 aliphatic heterocycles. The largest absolute Gasteiger partial charge is 0.391 e. The molecule has 0 radical (unpaired) electrons. The highest BCUT2D eigenvalue weighted by Crippen LogP contribution is 2.03. The van der Waals surface area contributed by atoms with Crippen LogP contribution in [-0.4, -0.2) is 79.1 Å².